The van der Waals surface area contributed by atoms with Gasteiger partial charge in [-0.05, 0) is 24.1 Å². The third kappa shape index (κ3) is 4.10. The molecular formula is C13H20ClNO2. The van der Waals surface area contributed by atoms with Crippen LogP contribution in [0.2, 0.25) is 5.02 Å². The van der Waals surface area contributed by atoms with Crippen molar-refractivity contribution < 1.29 is 9.47 Å². The lowest BCUT2D eigenvalue weighted by Gasteiger charge is -2.13. The highest BCUT2D eigenvalue weighted by Gasteiger charge is 2.11. The van der Waals surface area contributed by atoms with E-state index in [1.807, 2.05) is 12.1 Å². The molecule has 0 aliphatic heterocycles. The van der Waals surface area contributed by atoms with Crippen LogP contribution in [0, 0.1) is 0 Å². The van der Waals surface area contributed by atoms with E-state index >= 15 is 0 Å². The number of hydrogen-bond acceptors (Lipinski definition) is 3. The Labute approximate surface area is 108 Å². The zero-order valence-corrected chi connectivity index (χ0v) is 11.2. The molecule has 96 valence electrons. The molecule has 0 aliphatic carbocycles. The van der Waals surface area contributed by atoms with Gasteiger partial charge >= 0.3 is 0 Å². The van der Waals surface area contributed by atoms with Crippen LogP contribution in [0.15, 0.2) is 12.1 Å². The highest BCUT2D eigenvalue weighted by Crippen LogP contribution is 2.36. The number of hydrogen-bond donors (Lipinski definition) is 1. The molecule has 4 heteroatoms. The van der Waals surface area contributed by atoms with Crippen molar-refractivity contribution in [1.29, 1.82) is 0 Å². The van der Waals surface area contributed by atoms with Gasteiger partial charge in [-0.15, -0.1) is 0 Å². The quantitative estimate of drug-likeness (QED) is 0.762. The molecule has 0 spiro atoms. The Bertz CT molecular complexity index is 356. The summed E-state index contributed by atoms with van der Waals surface area (Å²) in [6.07, 6.45) is 3.34. The molecule has 1 aromatic rings. The lowest BCUT2D eigenvalue weighted by molar-refractivity contribution is 0.286. The van der Waals surface area contributed by atoms with Crippen molar-refractivity contribution in [3.05, 3.63) is 22.7 Å². The molecule has 0 aromatic heterocycles. The summed E-state index contributed by atoms with van der Waals surface area (Å²) in [7, 11) is 1.60. The second kappa shape index (κ2) is 7.41. The molecular weight excluding hydrogens is 238 g/mol. The van der Waals surface area contributed by atoms with E-state index in [0.29, 0.717) is 29.7 Å². The highest BCUT2D eigenvalue weighted by molar-refractivity contribution is 6.32. The van der Waals surface area contributed by atoms with Crippen molar-refractivity contribution in [2.75, 3.05) is 13.7 Å². The molecule has 3 nitrogen and oxygen atoms in total. The Morgan fingerprint density at radius 1 is 1.29 bits per heavy atom. The van der Waals surface area contributed by atoms with Crippen molar-refractivity contribution in [2.24, 2.45) is 5.73 Å². The molecule has 0 saturated heterocycles. The average Bonchev–Trinajstić information content (AvgIpc) is 2.35. The second-order valence-electron chi connectivity index (χ2n) is 3.87. The Kier molecular flexibility index (Phi) is 6.16. The normalized spacial score (nSPS) is 10.4. The highest BCUT2D eigenvalue weighted by atomic mass is 35.5. The van der Waals surface area contributed by atoms with Gasteiger partial charge in [0.2, 0.25) is 0 Å². The number of methoxy groups -OCH3 is 1. The van der Waals surface area contributed by atoms with E-state index in [0.717, 1.165) is 18.4 Å². The predicted octanol–water partition coefficient (Wildman–Crippen LogP) is 3.38. The zero-order valence-electron chi connectivity index (χ0n) is 10.5. The number of benzene rings is 1. The van der Waals surface area contributed by atoms with Gasteiger partial charge in [0.05, 0.1) is 18.7 Å². The molecule has 0 radical (unpaired) electrons. The smallest absolute Gasteiger partial charge is 0.179 e. The van der Waals surface area contributed by atoms with Gasteiger partial charge in [0.1, 0.15) is 0 Å². The summed E-state index contributed by atoms with van der Waals surface area (Å²) in [4.78, 5) is 0. The summed E-state index contributed by atoms with van der Waals surface area (Å²) >= 11 is 6.14. The summed E-state index contributed by atoms with van der Waals surface area (Å²) in [5.41, 5.74) is 6.51. The molecule has 17 heavy (non-hydrogen) atoms. The first-order valence-corrected chi connectivity index (χ1v) is 6.30. The maximum atomic E-state index is 6.14. The third-order valence-electron chi connectivity index (χ3n) is 2.52. The number of unbranched alkanes of at least 4 members (excludes halogenated alkanes) is 2. The maximum absolute atomic E-state index is 6.14. The van der Waals surface area contributed by atoms with Crippen LogP contribution in [0.1, 0.15) is 31.7 Å². The van der Waals surface area contributed by atoms with Gasteiger partial charge in [-0.25, -0.2) is 0 Å². The van der Waals surface area contributed by atoms with Gasteiger partial charge in [0.25, 0.3) is 0 Å². The Balaban J connectivity index is 2.75. The van der Waals surface area contributed by atoms with Crippen LogP contribution in [-0.2, 0) is 6.54 Å². The van der Waals surface area contributed by atoms with Gasteiger partial charge in [-0.1, -0.05) is 31.4 Å². The predicted molar refractivity (Wildman–Crippen MR) is 70.9 cm³/mol. The average molecular weight is 258 g/mol. The monoisotopic (exact) mass is 257 g/mol. The molecule has 0 saturated carbocycles. The van der Waals surface area contributed by atoms with E-state index < -0.39 is 0 Å². The van der Waals surface area contributed by atoms with Crippen LogP contribution in [0.3, 0.4) is 0 Å². The summed E-state index contributed by atoms with van der Waals surface area (Å²) in [6.45, 7) is 3.25. The standard InChI is InChI=1S/C13H20ClNO2/c1-3-4-5-6-17-13-11(14)7-10(9-15)8-12(13)16-2/h7-8H,3-6,9,15H2,1-2H3. The molecule has 1 aromatic carbocycles. The second-order valence-corrected chi connectivity index (χ2v) is 4.28. The summed E-state index contributed by atoms with van der Waals surface area (Å²) in [6, 6.07) is 3.68. The fourth-order valence-corrected chi connectivity index (χ4v) is 1.85. The maximum Gasteiger partial charge on any atom is 0.179 e. The van der Waals surface area contributed by atoms with Gasteiger partial charge in [0.15, 0.2) is 11.5 Å². The minimum Gasteiger partial charge on any atom is -0.493 e. The minimum atomic E-state index is 0.437. The molecule has 1 rings (SSSR count). The third-order valence-corrected chi connectivity index (χ3v) is 2.80. The largest absolute Gasteiger partial charge is 0.493 e. The minimum absolute atomic E-state index is 0.437. The van der Waals surface area contributed by atoms with Crippen molar-refractivity contribution in [3.63, 3.8) is 0 Å². The van der Waals surface area contributed by atoms with E-state index in [-0.39, 0.29) is 0 Å². The van der Waals surface area contributed by atoms with Crippen molar-refractivity contribution in [3.8, 4) is 11.5 Å². The first kappa shape index (κ1) is 14.1. The van der Waals surface area contributed by atoms with E-state index in [2.05, 4.69) is 6.92 Å². The molecule has 0 amide bonds. The fourth-order valence-electron chi connectivity index (χ4n) is 1.56. The Hall–Kier alpha value is -0.930. The van der Waals surface area contributed by atoms with E-state index in [1.165, 1.54) is 6.42 Å². The summed E-state index contributed by atoms with van der Waals surface area (Å²) in [5, 5.41) is 0.557. The lowest BCUT2D eigenvalue weighted by Crippen LogP contribution is -2.02. The van der Waals surface area contributed by atoms with Gasteiger partial charge < -0.3 is 15.2 Å². The van der Waals surface area contributed by atoms with Crippen LogP contribution in [0.25, 0.3) is 0 Å². The van der Waals surface area contributed by atoms with Crippen molar-refractivity contribution in [1.82, 2.24) is 0 Å². The molecule has 0 heterocycles. The molecule has 0 aliphatic rings. The van der Waals surface area contributed by atoms with Gasteiger partial charge in [-0.3, -0.25) is 0 Å². The van der Waals surface area contributed by atoms with E-state index in [1.54, 1.807) is 7.11 Å². The van der Waals surface area contributed by atoms with Gasteiger partial charge in [0, 0.05) is 6.54 Å². The van der Waals surface area contributed by atoms with E-state index in [9.17, 15) is 0 Å². The molecule has 0 atom stereocenters. The number of nitrogens with two attached hydrogens (primary N) is 1. The van der Waals surface area contributed by atoms with E-state index in [4.69, 9.17) is 26.8 Å². The first-order chi connectivity index (χ1) is 8.22. The van der Waals surface area contributed by atoms with Gasteiger partial charge in [-0.2, -0.15) is 0 Å². The Morgan fingerprint density at radius 2 is 2.06 bits per heavy atom. The van der Waals surface area contributed by atoms with Crippen LogP contribution < -0.4 is 15.2 Å². The number of ether oxygens (including phenoxy) is 2. The van der Waals surface area contributed by atoms with Crippen molar-refractivity contribution >= 4 is 11.6 Å². The zero-order chi connectivity index (χ0) is 12.7. The molecule has 2 N–H and O–H groups in total. The van der Waals surface area contributed by atoms with Crippen molar-refractivity contribution in [2.45, 2.75) is 32.7 Å². The summed E-state index contributed by atoms with van der Waals surface area (Å²) in [5.74, 6) is 1.26. The molecule has 0 unspecified atom stereocenters. The fraction of sp³-hybridized carbons (Fsp3) is 0.538. The SMILES string of the molecule is CCCCCOc1c(Cl)cc(CN)cc1OC. The summed E-state index contributed by atoms with van der Waals surface area (Å²) < 4.78 is 10.9. The lowest BCUT2D eigenvalue weighted by atomic mass is 10.2. The number of halogens is 1. The molecule has 0 fully saturated rings. The molecule has 0 bridgehead atoms. The topological polar surface area (TPSA) is 44.5 Å². The first-order valence-electron chi connectivity index (χ1n) is 5.92. The van der Waals surface area contributed by atoms with Crippen LogP contribution in [-0.4, -0.2) is 13.7 Å². The van der Waals surface area contributed by atoms with Crippen LogP contribution in [0.4, 0.5) is 0 Å². The van der Waals surface area contributed by atoms with Crippen LogP contribution >= 0.6 is 11.6 Å². The number of rotatable bonds is 7. The Morgan fingerprint density at radius 3 is 2.65 bits per heavy atom. The van der Waals surface area contributed by atoms with Crippen LogP contribution in [0.5, 0.6) is 11.5 Å².